The monoisotopic (exact) mass is 146 g/mol. The average Bonchev–Trinajstić information content (AvgIpc) is 1.69. The smallest absolute Gasteiger partial charge is 0.115 e. The Bertz CT molecular complexity index is 144. The molecule has 1 aromatic rings. The third-order valence-electron chi connectivity index (χ3n) is 0.756. The highest BCUT2D eigenvalue weighted by Gasteiger charge is 1.74. The van der Waals surface area contributed by atoms with Crippen molar-refractivity contribution in [2.24, 2.45) is 0 Å². The molecule has 0 aliphatic carbocycles. The van der Waals surface area contributed by atoms with Crippen molar-refractivity contribution < 1.29 is 10.6 Å². The first-order valence-electron chi connectivity index (χ1n) is 2.13. The normalized spacial score (nSPS) is 6.00. The number of para-hydroxylation sites is 1. The molecule has 0 radical (unpaired) electrons. The number of hydrogen-bond acceptors (Lipinski definition) is 3. The summed E-state index contributed by atoms with van der Waals surface area (Å²) in [5.74, 6) is 0.322. The Labute approximate surface area is 60.0 Å². The molecule has 1 aromatic carbocycles. The maximum absolute atomic E-state index is 8.63. The minimum atomic E-state index is 0. The van der Waals surface area contributed by atoms with Gasteiger partial charge in [-0.1, -0.05) is 18.2 Å². The van der Waals surface area contributed by atoms with E-state index in [0.717, 1.165) is 0 Å². The van der Waals surface area contributed by atoms with Gasteiger partial charge in [-0.25, -0.2) is 0 Å². The predicted octanol–water partition coefficient (Wildman–Crippen LogP) is 0.891. The van der Waals surface area contributed by atoms with Crippen LogP contribution in [0.4, 0.5) is 0 Å². The van der Waals surface area contributed by atoms with Crippen LogP contribution >= 0.6 is 0 Å². The number of rotatable bonds is 0. The second-order valence-corrected chi connectivity index (χ2v) is 1.34. The van der Waals surface area contributed by atoms with E-state index in [-0.39, 0.29) is 17.8 Å². The van der Waals surface area contributed by atoms with Crippen LogP contribution in [0.3, 0.4) is 0 Å². The highest BCUT2D eigenvalue weighted by Crippen LogP contribution is 2.02. The van der Waals surface area contributed by atoms with E-state index >= 15 is 0 Å². The van der Waals surface area contributed by atoms with Gasteiger partial charge in [-0.05, 0) is 12.1 Å². The molecule has 10 heavy (non-hydrogen) atoms. The van der Waals surface area contributed by atoms with Gasteiger partial charge in [0, 0.05) is 0 Å². The van der Waals surface area contributed by atoms with Gasteiger partial charge in [0.1, 0.15) is 5.75 Å². The molecule has 0 heterocycles. The summed E-state index contributed by atoms with van der Waals surface area (Å²) < 4.78 is 0. The third-order valence-corrected chi connectivity index (χ3v) is 0.756. The lowest BCUT2D eigenvalue weighted by atomic mass is 10.3. The Hall–Kier alpha value is -1.10. The number of aromatic hydroxyl groups is 1. The van der Waals surface area contributed by atoms with Gasteiger partial charge in [-0.15, -0.1) is 0 Å². The molecule has 0 atom stereocenters. The maximum atomic E-state index is 8.63. The summed E-state index contributed by atoms with van der Waals surface area (Å²) >= 11 is 0. The summed E-state index contributed by atoms with van der Waals surface area (Å²) in [7, 11) is 0. The van der Waals surface area contributed by atoms with Crippen LogP contribution in [-0.2, 0) is 0 Å². The predicted molar refractivity (Wildman–Crippen MR) is 41.8 cm³/mol. The summed E-state index contributed by atoms with van der Waals surface area (Å²) in [6.07, 6.45) is 0. The molecule has 0 unspecified atom stereocenters. The van der Waals surface area contributed by atoms with Crippen molar-refractivity contribution >= 4 is 0 Å². The Morgan fingerprint density at radius 3 is 1.50 bits per heavy atom. The second kappa shape index (κ2) is 7.90. The molecule has 0 amide bonds. The van der Waals surface area contributed by atoms with Crippen LogP contribution in [0.1, 0.15) is 0 Å². The van der Waals surface area contributed by atoms with Crippen LogP contribution in [0.25, 0.3) is 0 Å². The van der Waals surface area contributed by atoms with Gasteiger partial charge in [0.05, 0.1) is 0 Å². The molecule has 60 valence electrons. The van der Waals surface area contributed by atoms with Gasteiger partial charge >= 0.3 is 0 Å². The summed E-state index contributed by atoms with van der Waals surface area (Å²) in [6.45, 7) is 0. The first kappa shape index (κ1) is 16.0. The van der Waals surface area contributed by atoms with Crippen LogP contribution in [0.2, 0.25) is 0 Å². The quantitative estimate of drug-likeness (QED) is 0.503. The molecule has 0 saturated carbocycles. The van der Waals surface area contributed by atoms with Gasteiger partial charge in [0.2, 0.25) is 0 Å². The van der Waals surface area contributed by atoms with Crippen molar-refractivity contribution in [1.29, 1.82) is 0 Å². The number of phenols is 1. The number of phenolic OH excluding ortho intramolecular Hbond substituents is 1. The van der Waals surface area contributed by atoms with Crippen molar-refractivity contribution in [3.8, 4) is 5.75 Å². The fourth-order valence-corrected chi connectivity index (χ4v) is 0.428. The van der Waals surface area contributed by atoms with E-state index in [4.69, 9.17) is 5.11 Å². The molecule has 0 bridgehead atoms. The third kappa shape index (κ3) is 5.04. The number of hydrogen-bond donors (Lipinski definition) is 3. The molecule has 9 N–H and O–H groups in total. The highest BCUT2D eigenvalue weighted by molar-refractivity contribution is 5.18. The van der Waals surface area contributed by atoms with E-state index in [1.165, 1.54) is 0 Å². The van der Waals surface area contributed by atoms with E-state index in [2.05, 4.69) is 0 Å². The topological polar surface area (TPSA) is 122 Å². The van der Waals surface area contributed by atoms with Gasteiger partial charge in [-0.2, -0.15) is 0 Å². The summed E-state index contributed by atoms with van der Waals surface area (Å²) in [6, 6.07) is 8.71. The van der Waals surface area contributed by atoms with Crippen LogP contribution in [0, 0.1) is 0 Å². The minimum absolute atomic E-state index is 0. The molecule has 4 nitrogen and oxygen atoms in total. The van der Waals surface area contributed by atoms with Crippen LogP contribution in [-0.4, -0.2) is 10.6 Å². The van der Waals surface area contributed by atoms with E-state index in [1.807, 2.05) is 6.07 Å². The molecule has 0 aliphatic heterocycles. The standard InChI is InChI=1S/C6H6O.2H3N.H2O/c7-6-4-2-1-3-5-6;;;/h1-5,7H;2*1H3;1H2. The molecular weight excluding hydrogens is 132 g/mol. The molecule has 4 heteroatoms. The molecule has 0 aromatic heterocycles. The SMILES string of the molecule is N.N.O.Oc1ccccc1. The molecule has 0 fully saturated rings. The van der Waals surface area contributed by atoms with Crippen molar-refractivity contribution in [2.45, 2.75) is 0 Å². The average molecular weight is 146 g/mol. The fraction of sp³-hybridized carbons (Fsp3) is 0. The first-order valence-corrected chi connectivity index (χ1v) is 2.13. The van der Waals surface area contributed by atoms with Crippen molar-refractivity contribution in [1.82, 2.24) is 12.3 Å². The zero-order valence-corrected chi connectivity index (χ0v) is 5.75. The summed E-state index contributed by atoms with van der Waals surface area (Å²) in [4.78, 5) is 0. The minimum Gasteiger partial charge on any atom is -0.508 e. The lowest BCUT2D eigenvalue weighted by Crippen LogP contribution is -1.56. The molecular formula is C6H14N2O2. The zero-order chi connectivity index (χ0) is 5.11. The lowest BCUT2D eigenvalue weighted by Gasteiger charge is -1.82. The van der Waals surface area contributed by atoms with Crippen molar-refractivity contribution in [3.63, 3.8) is 0 Å². The largest absolute Gasteiger partial charge is 0.508 e. The molecule has 1 rings (SSSR count). The molecule has 0 aliphatic rings. The number of benzene rings is 1. The summed E-state index contributed by atoms with van der Waals surface area (Å²) in [5, 5.41) is 8.63. The maximum Gasteiger partial charge on any atom is 0.115 e. The van der Waals surface area contributed by atoms with Gasteiger partial charge in [-0.3, -0.25) is 0 Å². The summed E-state index contributed by atoms with van der Waals surface area (Å²) in [5.41, 5.74) is 0. The van der Waals surface area contributed by atoms with Gasteiger partial charge in [0.15, 0.2) is 0 Å². The lowest BCUT2D eigenvalue weighted by molar-refractivity contribution is 0.475. The van der Waals surface area contributed by atoms with Crippen molar-refractivity contribution in [3.05, 3.63) is 30.3 Å². The van der Waals surface area contributed by atoms with Gasteiger partial charge < -0.3 is 22.9 Å². The van der Waals surface area contributed by atoms with Crippen LogP contribution in [0.5, 0.6) is 5.75 Å². The Morgan fingerprint density at radius 2 is 1.30 bits per heavy atom. The Morgan fingerprint density at radius 1 is 0.900 bits per heavy atom. The van der Waals surface area contributed by atoms with E-state index < -0.39 is 0 Å². The molecule has 0 saturated heterocycles. The van der Waals surface area contributed by atoms with E-state index in [9.17, 15) is 0 Å². The zero-order valence-electron chi connectivity index (χ0n) is 5.75. The van der Waals surface area contributed by atoms with Crippen molar-refractivity contribution in [2.75, 3.05) is 0 Å². The fourth-order valence-electron chi connectivity index (χ4n) is 0.428. The second-order valence-electron chi connectivity index (χ2n) is 1.34. The first-order chi connectivity index (χ1) is 3.39. The van der Waals surface area contributed by atoms with E-state index in [0.29, 0.717) is 5.75 Å². The van der Waals surface area contributed by atoms with Gasteiger partial charge in [0.25, 0.3) is 0 Å². The van der Waals surface area contributed by atoms with Crippen LogP contribution < -0.4 is 12.3 Å². The Kier molecular flexibility index (Phi) is 12.6. The highest BCUT2D eigenvalue weighted by atomic mass is 16.3. The van der Waals surface area contributed by atoms with Crippen LogP contribution in [0.15, 0.2) is 30.3 Å². The Balaban J connectivity index is -0.000000163. The molecule has 0 spiro atoms. The van der Waals surface area contributed by atoms with E-state index in [1.54, 1.807) is 24.3 Å².